The van der Waals surface area contributed by atoms with Crippen LogP contribution in [0.5, 0.6) is 0 Å². The second-order valence-electron chi connectivity index (χ2n) is 6.60. The minimum absolute atomic E-state index is 0.0455. The Bertz CT molecular complexity index is 730. The summed E-state index contributed by atoms with van der Waals surface area (Å²) < 4.78 is 2.52. The van der Waals surface area contributed by atoms with Crippen molar-refractivity contribution in [3.8, 4) is 11.3 Å². The first-order valence-electron chi connectivity index (χ1n) is 8.31. The highest BCUT2D eigenvalue weighted by molar-refractivity contribution is 5.65. The summed E-state index contributed by atoms with van der Waals surface area (Å²) in [5.74, 6) is 0. The Hall–Kier alpha value is -1.89. The average Bonchev–Trinajstić information content (AvgIpc) is 2.56. The topological polar surface area (TPSA) is 3.88 Å². The lowest BCUT2D eigenvalue weighted by molar-refractivity contribution is -0.761. The van der Waals surface area contributed by atoms with E-state index in [9.17, 15) is 0 Å². The summed E-state index contributed by atoms with van der Waals surface area (Å²) in [4.78, 5) is 0. The molecular formula is C21H26N+. The van der Waals surface area contributed by atoms with Gasteiger partial charge in [-0.3, -0.25) is 0 Å². The molecule has 1 aromatic heterocycles. The van der Waals surface area contributed by atoms with Crippen LogP contribution in [0.1, 0.15) is 44.9 Å². The van der Waals surface area contributed by atoms with Gasteiger partial charge in [-0.1, -0.05) is 38.6 Å². The van der Waals surface area contributed by atoms with Gasteiger partial charge in [0.1, 0.15) is 0 Å². The summed E-state index contributed by atoms with van der Waals surface area (Å²) in [5.41, 5.74) is 5.38. The molecule has 3 rings (SSSR count). The maximum absolute atomic E-state index is 4.26. The first-order valence-corrected chi connectivity index (χ1v) is 8.31. The molecule has 2 atom stereocenters. The molecule has 0 saturated heterocycles. The van der Waals surface area contributed by atoms with Crippen LogP contribution in [0.25, 0.3) is 11.3 Å². The molecule has 0 amide bonds. The number of hydrogen-bond acceptors (Lipinski definition) is 0. The van der Waals surface area contributed by atoms with Crippen molar-refractivity contribution < 1.29 is 4.57 Å². The summed E-state index contributed by atoms with van der Waals surface area (Å²) in [5, 5.41) is 0. The van der Waals surface area contributed by atoms with Gasteiger partial charge in [0.2, 0.25) is 5.69 Å². The molecule has 2 aromatic rings. The van der Waals surface area contributed by atoms with Crippen LogP contribution in [0.15, 0.2) is 55.1 Å². The van der Waals surface area contributed by atoms with Gasteiger partial charge in [0.15, 0.2) is 11.2 Å². The predicted octanol–water partition coefficient (Wildman–Crippen LogP) is 4.92. The van der Waals surface area contributed by atoms with Gasteiger partial charge in [0, 0.05) is 25.5 Å². The van der Waals surface area contributed by atoms with E-state index in [2.05, 4.69) is 87.4 Å². The molecule has 0 saturated carbocycles. The summed E-state index contributed by atoms with van der Waals surface area (Å²) >= 11 is 0. The van der Waals surface area contributed by atoms with E-state index in [1.165, 1.54) is 22.5 Å². The van der Waals surface area contributed by atoms with Crippen LogP contribution in [0.4, 0.5) is 0 Å². The number of aromatic nitrogens is 1. The lowest BCUT2D eigenvalue weighted by Crippen LogP contribution is -2.69. The molecule has 0 fully saturated rings. The molecule has 1 aromatic carbocycles. The molecule has 1 aliphatic rings. The van der Waals surface area contributed by atoms with E-state index < -0.39 is 0 Å². The molecule has 1 nitrogen and oxygen atoms in total. The molecule has 0 radical (unpaired) electrons. The van der Waals surface area contributed by atoms with Crippen LogP contribution in [0.2, 0.25) is 0 Å². The number of rotatable bonds is 3. The first-order chi connectivity index (χ1) is 10.6. The second kappa shape index (κ2) is 5.08. The van der Waals surface area contributed by atoms with E-state index >= 15 is 0 Å². The zero-order valence-corrected chi connectivity index (χ0v) is 14.2. The Kier molecular flexibility index (Phi) is 3.47. The standard InChI is InChI=1S/C21H26N/c1-6-20(5)18-14-10-9-13-17(18)19-15-11-12-16(4)22(19)21(20,7-2)8-3/h7,9-15H,2,6,8H2,1,3-5H3/q+1. The van der Waals surface area contributed by atoms with Gasteiger partial charge < -0.3 is 0 Å². The summed E-state index contributed by atoms with van der Waals surface area (Å²) in [6, 6.07) is 15.5. The van der Waals surface area contributed by atoms with Crippen LogP contribution >= 0.6 is 0 Å². The summed E-state index contributed by atoms with van der Waals surface area (Å²) in [6.45, 7) is 13.5. The van der Waals surface area contributed by atoms with E-state index in [-0.39, 0.29) is 11.0 Å². The van der Waals surface area contributed by atoms with Gasteiger partial charge in [-0.25, -0.2) is 0 Å². The zero-order chi connectivity index (χ0) is 16.0. The quantitative estimate of drug-likeness (QED) is 0.558. The maximum Gasteiger partial charge on any atom is 0.213 e. The van der Waals surface area contributed by atoms with Crippen molar-refractivity contribution in [2.45, 2.75) is 51.5 Å². The highest BCUT2D eigenvalue weighted by Crippen LogP contribution is 2.50. The predicted molar refractivity (Wildman–Crippen MR) is 92.9 cm³/mol. The smallest absolute Gasteiger partial charge is 0.186 e. The zero-order valence-electron chi connectivity index (χ0n) is 14.2. The van der Waals surface area contributed by atoms with Crippen LogP contribution in [-0.4, -0.2) is 0 Å². The van der Waals surface area contributed by atoms with Gasteiger partial charge in [-0.05, 0) is 37.1 Å². The first kappa shape index (κ1) is 15.0. The van der Waals surface area contributed by atoms with E-state index in [0.29, 0.717) is 0 Å². The van der Waals surface area contributed by atoms with Crippen LogP contribution < -0.4 is 4.57 Å². The number of fused-ring (bicyclic) bond motifs is 3. The summed E-state index contributed by atoms with van der Waals surface area (Å²) in [6.07, 6.45) is 4.31. The Balaban J connectivity index is 2.51. The Morgan fingerprint density at radius 1 is 1.05 bits per heavy atom. The van der Waals surface area contributed by atoms with E-state index in [1.807, 2.05) is 0 Å². The molecule has 0 N–H and O–H groups in total. The third-order valence-corrected chi connectivity index (χ3v) is 5.92. The normalized spacial score (nSPS) is 26.2. The molecule has 1 aliphatic heterocycles. The Labute approximate surface area is 134 Å². The van der Waals surface area contributed by atoms with E-state index in [1.54, 1.807) is 0 Å². The van der Waals surface area contributed by atoms with Crippen molar-refractivity contribution >= 4 is 0 Å². The van der Waals surface area contributed by atoms with E-state index in [4.69, 9.17) is 0 Å². The maximum atomic E-state index is 4.26. The highest BCUT2D eigenvalue weighted by Gasteiger charge is 2.58. The van der Waals surface area contributed by atoms with Gasteiger partial charge in [0.25, 0.3) is 0 Å². The second-order valence-corrected chi connectivity index (χ2v) is 6.60. The van der Waals surface area contributed by atoms with Crippen molar-refractivity contribution in [1.29, 1.82) is 0 Å². The largest absolute Gasteiger partial charge is 0.213 e. The van der Waals surface area contributed by atoms with Crippen molar-refractivity contribution in [3.05, 3.63) is 66.4 Å². The Morgan fingerprint density at radius 3 is 2.41 bits per heavy atom. The molecule has 114 valence electrons. The third kappa shape index (κ3) is 1.63. The minimum Gasteiger partial charge on any atom is -0.186 e. The van der Waals surface area contributed by atoms with Crippen molar-refractivity contribution in [1.82, 2.24) is 0 Å². The fourth-order valence-electron chi connectivity index (χ4n) is 4.53. The molecule has 2 heterocycles. The van der Waals surface area contributed by atoms with Gasteiger partial charge >= 0.3 is 0 Å². The number of allylic oxidation sites excluding steroid dienone is 1. The molecule has 2 unspecified atom stereocenters. The lowest BCUT2D eigenvalue weighted by Gasteiger charge is -2.46. The molecule has 1 heteroatoms. The highest BCUT2D eigenvalue weighted by atomic mass is 15.1. The van der Waals surface area contributed by atoms with Crippen molar-refractivity contribution in [3.63, 3.8) is 0 Å². The van der Waals surface area contributed by atoms with Crippen LogP contribution in [0, 0.1) is 6.92 Å². The fraction of sp³-hybridized carbons (Fsp3) is 0.381. The van der Waals surface area contributed by atoms with E-state index in [0.717, 1.165) is 12.8 Å². The third-order valence-electron chi connectivity index (χ3n) is 5.92. The van der Waals surface area contributed by atoms with Gasteiger partial charge in [-0.15, -0.1) is 0 Å². The van der Waals surface area contributed by atoms with Crippen LogP contribution in [0.3, 0.4) is 0 Å². The molecule has 0 bridgehead atoms. The lowest BCUT2D eigenvalue weighted by atomic mass is 9.60. The van der Waals surface area contributed by atoms with Gasteiger partial charge in [-0.2, -0.15) is 4.57 Å². The number of hydrogen-bond donors (Lipinski definition) is 0. The Morgan fingerprint density at radius 2 is 1.77 bits per heavy atom. The fourth-order valence-corrected chi connectivity index (χ4v) is 4.53. The number of aryl methyl sites for hydroxylation is 1. The SMILES string of the molecule is C=CC1(CC)[n+]2c(C)cccc2-c2ccccc2C1(C)CC. The van der Waals surface area contributed by atoms with Gasteiger partial charge in [0.05, 0.1) is 11.0 Å². The molecule has 0 aliphatic carbocycles. The van der Waals surface area contributed by atoms with Crippen molar-refractivity contribution in [2.75, 3.05) is 0 Å². The van der Waals surface area contributed by atoms with Crippen LogP contribution in [-0.2, 0) is 11.0 Å². The molecular weight excluding hydrogens is 266 g/mol. The van der Waals surface area contributed by atoms with Crippen molar-refractivity contribution in [2.24, 2.45) is 0 Å². The number of benzene rings is 1. The monoisotopic (exact) mass is 292 g/mol. The summed E-state index contributed by atoms with van der Waals surface area (Å²) in [7, 11) is 0. The minimum atomic E-state index is -0.0865. The average molecular weight is 292 g/mol. The number of pyridine rings is 1. The molecule has 0 spiro atoms. The number of nitrogens with zero attached hydrogens (tertiary/aromatic N) is 1. The molecule has 22 heavy (non-hydrogen) atoms.